The average Bonchev–Trinajstić information content (AvgIpc) is 2.40. The molecule has 1 heterocycles. The molecule has 76 valence electrons. The Hall–Kier alpha value is -2.18. The van der Waals surface area contributed by atoms with Gasteiger partial charge in [-0.15, -0.1) is 0 Å². The molecule has 0 unspecified atom stereocenters. The van der Waals surface area contributed by atoms with Gasteiger partial charge in [-0.3, -0.25) is 0 Å². The second-order valence-electron chi connectivity index (χ2n) is 2.26. The fourth-order valence-corrected chi connectivity index (χ4v) is 0.835. The van der Waals surface area contributed by atoms with Crippen LogP contribution in [0.1, 0.15) is 20.9 Å². The summed E-state index contributed by atoms with van der Waals surface area (Å²) in [5.74, 6) is -5.44. The monoisotopic (exact) mass is 202 g/mol. The number of aromatic hydroxyl groups is 2. The Morgan fingerprint density at radius 1 is 1.36 bits per heavy atom. The van der Waals surface area contributed by atoms with Crippen molar-refractivity contribution in [2.24, 2.45) is 0 Å². The number of carbonyl (C=O) groups excluding carboxylic acids is 1. The smallest absolute Gasteiger partial charge is 0.378 e. The summed E-state index contributed by atoms with van der Waals surface area (Å²) < 4.78 is 8.48. The van der Waals surface area contributed by atoms with Crippen LogP contribution in [0.5, 0.6) is 11.7 Å². The number of ether oxygens (including phenoxy) is 1. The van der Waals surface area contributed by atoms with Gasteiger partial charge in [0, 0.05) is 0 Å². The Morgan fingerprint density at radius 3 is 2.29 bits per heavy atom. The van der Waals surface area contributed by atoms with Crippen LogP contribution in [0.25, 0.3) is 0 Å². The van der Waals surface area contributed by atoms with Crippen molar-refractivity contribution in [2.45, 2.75) is 0 Å². The van der Waals surface area contributed by atoms with Crippen LogP contribution in [0.2, 0.25) is 0 Å². The van der Waals surface area contributed by atoms with Crippen molar-refractivity contribution in [3.05, 3.63) is 11.3 Å². The standard InChI is InChI=1S/C7H6O7/c1-13-7(12)4-3(8)2(5(9)10)6(11)14-4/h8,11H,1H3,(H,9,10). The highest BCUT2D eigenvalue weighted by Gasteiger charge is 2.29. The lowest BCUT2D eigenvalue weighted by Gasteiger charge is -1.93. The lowest BCUT2D eigenvalue weighted by atomic mass is 10.2. The van der Waals surface area contributed by atoms with Gasteiger partial charge in [0.15, 0.2) is 11.3 Å². The fourth-order valence-electron chi connectivity index (χ4n) is 0.835. The molecule has 7 heteroatoms. The van der Waals surface area contributed by atoms with Crippen molar-refractivity contribution in [2.75, 3.05) is 7.11 Å². The molecule has 0 aliphatic heterocycles. The predicted octanol–water partition coefficient (Wildman–Crippen LogP) is 0.176. The van der Waals surface area contributed by atoms with E-state index in [0.717, 1.165) is 7.11 Å². The maximum absolute atomic E-state index is 10.8. The summed E-state index contributed by atoms with van der Waals surface area (Å²) in [7, 11) is 1.02. The Kier molecular flexibility index (Phi) is 2.32. The maximum Gasteiger partial charge on any atom is 0.378 e. The van der Waals surface area contributed by atoms with E-state index >= 15 is 0 Å². The summed E-state index contributed by atoms with van der Waals surface area (Å²) in [4.78, 5) is 21.3. The Bertz CT molecular complexity index is 389. The predicted molar refractivity (Wildman–Crippen MR) is 40.3 cm³/mol. The van der Waals surface area contributed by atoms with Crippen LogP contribution in [0.15, 0.2) is 4.42 Å². The Labute approximate surface area is 77.1 Å². The normalized spacial score (nSPS) is 9.79. The van der Waals surface area contributed by atoms with Crippen molar-refractivity contribution in [3.8, 4) is 11.7 Å². The summed E-state index contributed by atoms with van der Waals surface area (Å²) in [5.41, 5.74) is -0.870. The third-order valence-corrected chi connectivity index (χ3v) is 1.45. The minimum absolute atomic E-state index is 0.748. The van der Waals surface area contributed by atoms with Crippen LogP contribution in [0.4, 0.5) is 0 Å². The molecule has 0 fully saturated rings. The zero-order chi connectivity index (χ0) is 10.9. The second kappa shape index (κ2) is 3.29. The number of aromatic carboxylic acids is 1. The summed E-state index contributed by atoms with van der Waals surface area (Å²) in [6.45, 7) is 0. The summed E-state index contributed by atoms with van der Waals surface area (Å²) in [6, 6.07) is 0. The summed E-state index contributed by atoms with van der Waals surface area (Å²) >= 11 is 0. The molecule has 0 aliphatic rings. The van der Waals surface area contributed by atoms with E-state index in [1.807, 2.05) is 0 Å². The number of esters is 1. The molecule has 0 radical (unpaired) electrons. The molecule has 0 spiro atoms. The van der Waals surface area contributed by atoms with Gasteiger partial charge < -0.3 is 24.5 Å². The first-order valence-corrected chi connectivity index (χ1v) is 3.35. The molecular formula is C7H6O7. The molecule has 1 aromatic heterocycles. The van der Waals surface area contributed by atoms with Crippen LogP contribution in [0, 0.1) is 0 Å². The molecule has 0 saturated carbocycles. The SMILES string of the molecule is COC(=O)c1oc(O)c(C(=O)O)c1O. The number of rotatable bonds is 2. The first-order chi connectivity index (χ1) is 6.49. The quantitative estimate of drug-likeness (QED) is 0.585. The van der Waals surface area contributed by atoms with E-state index in [2.05, 4.69) is 9.15 Å². The van der Waals surface area contributed by atoms with Crippen LogP contribution in [0.3, 0.4) is 0 Å². The topological polar surface area (TPSA) is 117 Å². The van der Waals surface area contributed by atoms with Crippen molar-refractivity contribution >= 4 is 11.9 Å². The third-order valence-electron chi connectivity index (χ3n) is 1.45. The van der Waals surface area contributed by atoms with Crippen molar-refractivity contribution in [1.82, 2.24) is 0 Å². The highest BCUT2D eigenvalue weighted by Crippen LogP contribution is 2.34. The van der Waals surface area contributed by atoms with E-state index in [1.165, 1.54) is 0 Å². The molecule has 0 saturated heterocycles. The van der Waals surface area contributed by atoms with E-state index in [9.17, 15) is 9.59 Å². The minimum Gasteiger partial charge on any atom is -0.503 e. The average molecular weight is 202 g/mol. The molecule has 0 aliphatic carbocycles. The second-order valence-corrected chi connectivity index (χ2v) is 2.26. The highest BCUT2D eigenvalue weighted by atomic mass is 16.6. The van der Waals surface area contributed by atoms with Gasteiger partial charge in [-0.1, -0.05) is 0 Å². The van der Waals surface area contributed by atoms with Gasteiger partial charge in [-0.05, 0) is 0 Å². The molecule has 0 atom stereocenters. The number of furan rings is 1. The van der Waals surface area contributed by atoms with Crippen LogP contribution < -0.4 is 0 Å². The van der Waals surface area contributed by atoms with Gasteiger partial charge >= 0.3 is 17.9 Å². The molecule has 0 amide bonds. The maximum atomic E-state index is 10.8. The van der Waals surface area contributed by atoms with Gasteiger partial charge in [-0.2, -0.15) is 0 Å². The summed E-state index contributed by atoms with van der Waals surface area (Å²) in [5, 5.41) is 26.5. The van der Waals surface area contributed by atoms with Gasteiger partial charge in [0.25, 0.3) is 5.76 Å². The minimum atomic E-state index is -1.61. The largest absolute Gasteiger partial charge is 0.503 e. The van der Waals surface area contributed by atoms with E-state index in [-0.39, 0.29) is 0 Å². The van der Waals surface area contributed by atoms with Gasteiger partial charge in [0.05, 0.1) is 7.11 Å². The highest BCUT2D eigenvalue weighted by molar-refractivity contribution is 5.99. The number of carboxylic acids is 1. The van der Waals surface area contributed by atoms with Gasteiger partial charge in [0.1, 0.15) is 0 Å². The first kappa shape index (κ1) is 9.90. The Balaban J connectivity index is 3.30. The molecule has 1 aromatic rings. The molecule has 0 bridgehead atoms. The molecule has 14 heavy (non-hydrogen) atoms. The van der Waals surface area contributed by atoms with E-state index < -0.39 is 35.0 Å². The van der Waals surface area contributed by atoms with E-state index in [0.29, 0.717) is 0 Å². The van der Waals surface area contributed by atoms with Gasteiger partial charge in [-0.25, -0.2) is 9.59 Å². The van der Waals surface area contributed by atoms with Crippen LogP contribution in [-0.4, -0.2) is 34.4 Å². The molecular weight excluding hydrogens is 196 g/mol. The van der Waals surface area contributed by atoms with Gasteiger partial charge in [0.2, 0.25) is 0 Å². The lowest BCUT2D eigenvalue weighted by molar-refractivity contribution is 0.0553. The number of hydrogen-bond donors (Lipinski definition) is 3. The third kappa shape index (κ3) is 1.35. The van der Waals surface area contributed by atoms with Crippen molar-refractivity contribution in [3.63, 3.8) is 0 Å². The van der Waals surface area contributed by atoms with Crippen molar-refractivity contribution < 1.29 is 34.1 Å². The van der Waals surface area contributed by atoms with Crippen LogP contribution in [-0.2, 0) is 4.74 Å². The van der Waals surface area contributed by atoms with E-state index in [4.69, 9.17) is 15.3 Å². The molecule has 7 nitrogen and oxygen atoms in total. The molecule has 0 aromatic carbocycles. The zero-order valence-electron chi connectivity index (χ0n) is 6.97. The Morgan fingerprint density at radius 2 is 1.93 bits per heavy atom. The number of methoxy groups -OCH3 is 1. The molecule has 3 N–H and O–H groups in total. The first-order valence-electron chi connectivity index (χ1n) is 3.35. The lowest BCUT2D eigenvalue weighted by Crippen LogP contribution is -2.00. The number of carboxylic acid groups (broad SMARTS) is 1. The van der Waals surface area contributed by atoms with Crippen LogP contribution >= 0.6 is 0 Å². The van der Waals surface area contributed by atoms with E-state index in [1.54, 1.807) is 0 Å². The molecule has 1 rings (SSSR count). The zero-order valence-corrected chi connectivity index (χ0v) is 6.97. The summed E-state index contributed by atoms with van der Waals surface area (Å²) in [6.07, 6.45) is 0. The fraction of sp³-hybridized carbons (Fsp3) is 0.143. The van der Waals surface area contributed by atoms with Crippen molar-refractivity contribution in [1.29, 1.82) is 0 Å². The number of hydrogen-bond acceptors (Lipinski definition) is 6. The number of carbonyl (C=O) groups is 2.